The minimum absolute atomic E-state index is 0.595. The number of hydrogen-bond donors (Lipinski definition) is 1. The third-order valence-electron chi connectivity index (χ3n) is 4.96. The predicted octanol–water partition coefficient (Wildman–Crippen LogP) is 2.87. The van der Waals surface area contributed by atoms with Gasteiger partial charge in [-0.25, -0.2) is 9.97 Å². The molecule has 5 heteroatoms. The van der Waals surface area contributed by atoms with Crippen molar-refractivity contribution < 1.29 is 0 Å². The van der Waals surface area contributed by atoms with Gasteiger partial charge >= 0.3 is 0 Å². The largest absolute Gasteiger partial charge is 0.314 e. The van der Waals surface area contributed by atoms with E-state index in [0.29, 0.717) is 6.04 Å². The third kappa shape index (κ3) is 3.01. The van der Waals surface area contributed by atoms with Crippen molar-refractivity contribution in [1.82, 2.24) is 19.9 Å². The van der Waals surface area contributed by atoms with Crippen LogP contribution in [0.3, 0.4) is 0 Å². The first-order valence-electron chi connectivity index (χ1n) is 8.51. The maximum Gasteiger partial charge on any atom is 0.159 e. The van der Waals surface area contributed by atoms with E-state index in [1.807, 2.05) is 12.3 Å². The molecule has 0 saturated carbocycles. The molecule has 0 aromatic carbocycles. The van der Waals surface area contributed by atoms with Gasteiger partial charge in [-0.1, -0.05) is 0 Å². The van der Waals surface area contributed by atoms with Crippen molar-refractivity contribution in [2.75, 3.05) is 18.1 Å². The predicted molar refractivity (Wildman–Crippen MR) is 92.3 cm³/mol. The fourth-order valence-corrected chi connectivity index (χ4v) is 4.90. The average Bonchev–Trinajstić information content (AvgIpc) is 3.18. The Hall–Kier alpha value is -1.07. The summed E-state index contributed by atoms with van der Waals surface area (Å²) in [6, 6.07) is 4.69. The number of nitrogens with zero attached hydrogens (tertiary/aromatic N) is 3. The number of fused-ring (bicyclic) bond motifs is 1. The van der Waals surface area contributed by atoms with Crippen LogP contribution >= 0.6 is 11.8 Å². The van der Waals surface area contributed by atoms with Crippen LogP contribution < -0.4 is 5.32 Å². The van der Waals surface area contributed by atoms with Gasteiger partial charge in [-0.05, 0) is 61.8 Å². The summed E-state index contributed by atoms with van der Waals surface area (Å²) in [5, 5.41) is 3.60. The molecule has 22 heavy (non-hydrogen) atoms. The van der Waals surface area contributed by atoms with Crippen LogP contribution in [0.25, 0.3) is 11.2 Å². The molecule has 1 atom stereocenters. The molecule has 2 saturated heterocycles. The highest BCUT2D eigenvalue weighted by atomic mass is 32.2. The zero-order chi connectivity index (χ0) is 14.8. The van der Waals surface area contributed by atoms with Gasteiger partial charge in [0.25, 0.3) is 0 Å². The Morgan fingerprint density at radius 1 is 1.27 bits per heavy atom. The van der Waals surface area contributed by atoms with E-state index >= 15 is 0 Å². The van der Waals surface area contributed by atoms with Gasteiger partial charge in [0, 0.05) is 25.2 Å². The lowest BCUT2D eigenvalue weighted by Gasteiger charge is -2.23. The first kappa shape index (κ1) is 14.5. The van der Waals surface area contributed by atoms with Crippen LogP contribution in [0.5, 0.6) is 0 Å². The van der Waals surface area contributed by atoms with Gasteiger partial charge in [0.2, 0.25) is 0 Å². The molecule has 2 aliphatic rings. The summed E-state index contributed by atoms with van der Waals surface area (Å²) >= 11 is 2.09. The van der Waals surface area contributed by atoms with Crippen LogP contribution in [0, 0.1) is 5.92 Å². The molecule has 0 amide bonds. The summed E-state index contributed by atoms with van der Waals surface area (Å²) in [4.78, 5) is 9.51. The number of pyridine rings is 1. The molecule has 0 radical (unpaired) electrons. The number of hydrogen-bond acceptors (Lipinski definition) is 4. The topological polar surface area (TPSA) is 42.7 Å². The van der Waals surface area contributed by atoms with Crippen LogP contribution in [-0.4, -0.2) is 38.6 Å². The summed E-state index contributed by atoms with van der Waals surface area (Å²) < 4.78 is 2.41. The zero-order valence-electron chi connectivity index (χ0n) is 13.0. The summed E-state index contributed by atoms with van der Waals surface area (Å²) in [6.07, 6.45) is 8.17. The number of nitrogens with one attached hydrogen (secondary N) is 1. The van der Waals surface area contributed by atoms with Crippen molar-refractivity contribution in [2.45, 2.75) is 44.7 Å². The second-order valence-electron chi connectivity index (χ2n) is 6.54. The zero-order valence-corrected chi connectivity index (χ0v) is 13.8. The van der Waals surface area contributed by atoms with Crippen molar-refractivity contribution in [3.05, 3.63) is 24.2 Å². The first-order chi connectivity index (χ1) is 10.9. The SMILES string of the molecule is c1cnc2c(c1)nc(CC1CCCN1)n2CC1CCSCC1. The fraction of sp³-hybridized carbons (Fsp3) is 0.647. The molecule has 2 aromatic heterocycles. The molecular formula is C17H24N4S. The fourth-order valence-electron chi connectivity index (χ4n) is 3.69. The smallest absolute Gasteiger partial charge is 0.159 e. The number of thioether (sulfide) groups is 1. The van der Waals surface area contributed by atoms with Gasteiger partial charge in [0.1, 0.15) is 11.3 Å². The van der Waals surface area contributed by atoms with E-state index in [-0.39, 0.29) is 0 Å². The third-order valence-corrected chi connectivity index (χ3v) is 6.00. The molecule has 4 nitrogen and oxygen atoms in total. The molecule has 2 fully saturated rings. The first-order valence-corrected chi connectivity index (χ1v) is 9.67. The quantitative estimate of drug-likeness (QED) is 0.942. The summed E-state index contributed by atoms with van der Waals surface area (Å²) in [6.45, 7) is 2.25. The van der Waals surface area contributed by atoms with Crippen LogP contribution in [0.1, 0.15) is 31.5 Å². The standard InChI is InChI=1S/C17H24N4S/c1-3-14(18-7-1)11-16-20-15-4-2-8-19-17(15)21(16)12-13-5-9-22-10-6-13/h2,4,8,13-14,18H,1,3,5-7,9-12H2. The maximum atomic E-state index is 4.90. The number of aromatic nitrogens is 3. The van der Waals surface area contributed by atoms with Crippen LogP contribution in [0.15, 0.2) is 18.3 Å². The molecule has 0 bridgehead atoms. The van der Waals surface area contributed by atoms with E-state index in [2.05, 4.69) is 32.7 Å². The molecule has 2 aromatic rings. The van der Waals surface area contributed by atoms with E-state index in [9.17, 15) is 0 Å². The molecular weight excluding hydrogens is 292 g/mol. The van der Waals surface area contributed by atoms with E-state index in [0.717, 1.165) is 36.6 Å². The monoisotopic (exact) mass is 316 g/mol. The average molecular weight is 316 g/mol. The van der Waals surface area contributed by atoms with Crippen LogP contribution in [0.2, 0.25) is 0 Å². The van der Waals surface area contributed by atoms with E-state index < -0.39 is 0 Å². The Balaban J connectivity index is 1.63. The number of imidazole rings is 1. The van der Waals surface area contributed by atoms with Crippen LogP contribution in [-0.2, 0) is 13.0 Å². The van der Waals surface area contributed by atoms with E-state index in [4.69, 9.17) is 4.98 Å². The second kappa shape index (κ2) is 6.59. The Morgan fingerprint density at radius 3 is 3.00 bits per heavy atom. The Morgan fingerprint density at radius 2 is 2.18 bits per heavy atom. The lowest BCUT2D eigenvalue weighted by Crippen LogP contribution is -2.26. The van der Waals surface area contributed by atoms with Crippen LogP contribution in [0.4, 0.5) is 0 Å². The number of rotatable bonds is 4. The van der Waals surface area contributed by atoms with Crippen molar-refractivity contribution in [2.24, 2.45) is 5.92 Å². The van der Waals surface area contributed by atoms with Gasteiger partial charge in [-0.15, -0.1) is 0 Å². The van der Waals surface area contributed by atoms with Crippen molar-refractivity contribution >= 4 is 22.9 Å². The lowest BCUT2D eigenvalue weighted by atomic mass is 10.0. The highest BCUT2D eigenvalue weighted by molar-refractivity contribution is 7.99. The van der Waals surface area contributed by atoms with E-state index in [1.54, 1.807) is 0 Å². The minimum Gasteiger partial charge on any atom is -0.314 e. The normalized spacial score (nSPS) is 23.4. The van der Waals surface area contributed by atoms with Crippen molar-refractivity contribution in [3.8, 4) is 0 Å². The van der Waals surface area contributed by atoms with Crippen molar-refractivity contribution in [1.29, 1.82) is 0 Å². The Kier molecular flexibility index (Phi) is 4.35. The van der Waals surface area contributed by atoms with Gasteiger partial charge in [-0.2, -0.15) is 11.8 Å². The molecule has 1 N–H and O–H groups in total. The van der Waals surface area contributed by atoms with Gasteiger partial charge in [-0.3, -0.25) is 0 Å². The molecule has 118 valence electrons. The highest BCUT2D eigenvalue weighted by Crippen LogP contribution is 2.26. The Bertz CT molecular complexity index is 627. The molecule has 2 aliphatic heterocycles. The molecule has 0 spiro atoms. The minimum atomic E-state index is 0.595. The van der Waals surface area contributed by atoms with Gasteiger partial charge < -0.3 is 9.88 Å². The van der Waals surface area contributed by atoms with Gasteiger partial charge in [0.15, 0.2) is 5.65 Å². The molecule has 0 aliphatic carbocycles. The maximum absolute atomic E-state index is 4.90. The summed E-state index contributed by atoms with van der Waals surface area (Å²) in [5.41, 5.74) is 2.13. The van der Waals surface area contributed by atoms with Crippen molar-refractivity contribution in [3.63, 3.8) is 0 Å². The molecule has 4 heterocycles. The Labute approximate surface area is 136 Å². The second-order valence-corrected chi connectivity index (χ2v) is 7.76. The van der Waals surface area contributed by atoms with Gasteiger partial charge in [0.05, 0.1) is 0 Å². The molecule has 1 unspecified atom stereocenters. The summed E-state index contributed by atoms with van der Waals surface area (Å²) in [7, 11) is 0. The highest BCUT2D eigenvalue weighted by Gasteiger charge is 2.22. The molecule has 4 rings (SSSR count). The van der Waals surface area contributed by atoms with E-state index in [1.165, 1.54) is 43.0 Å². The summed E-state index contributed by atoms with van der Waals surface area (Å²) in [5.74, 6) is 4.64. The lowest BCUT2D eigenvalue weighted by molar-refractivity contribution is 0.409.